The van der Waals surface area contributed by atoms with Gasteiger partial charge in [0.25, 0.3) is 0 Å². The number of hydrogen-bond donors (Lipinski definition) is 1. The number of benzene rings is 1. The number of nitrogens with zero attached hydrogens (tertiary/aromatic N) is 2. The molecule has 1 N–H and O–H groups in total. The van der Waals surface area contributed by atoms with Crippen LogP contribution in [0.3, 0.4) is 0 Å². The van der Waals surface area contributed by atoms with E-state index in [0.717, 1.165) is 48.9 Å². The molecular weight excluding hydrogens is 274 g/mol. The van der Waals surface area contributed by atoms with Gasteiger partial charge in [0.2, 0.25) is 5.91 Å². The van der Waals surface area contributed by atoms with Crippen molar-refractivity contribution in [2.45, 2.75) is 19.9 Å². The van der Waals surface area contributed by atoms with Crippen molar-refractivity contribution in [2.75, 3.05) is 38.1 Å². The SMILES string of the molecule is CCNCc1ccc(N2CCCN(C)C(=O)C2)cc1Cl. The molecule has 1 aliphatic heterocycles. The predicted molar refractivity (Wildman–Crippen MR) is 83.3 cm³/mol. The number of rotatable bonds is 4. The van der Waals surface area contributed by atoms with Crippen LogP contribution < -0.4 is 10.2 Å². The molecule has 2 rings (SSSR count). The summed E-state index contributed by atoms with van der Waals surface area (Å²) in [6.45, 7) is 5.91. The van der Waals surface area contributed by atoms with Crippen LogP contribution in [0.25, 0.3) is 0 Å². The molecule has 1 fully saturated rings. The first-order valence-electron chi connectivity index (χ1n) is 7.10. The van der Waals surface area contributed by atoms with Crippen molar-refractivity contribution in [1.82, 2.24) is 10.2 Å². The highest BCUT2D eigenvalue weighted by atomic mass is 35.5. The number of anilines is 1. The molecular formula is C15H22ClN3O. The highest BCUT2D eigenvalue weighted by Crippen LogP contribution is 2.24. The lowest BCUT2D eigenvalue weighted by atomic mass is 10.2. The number of carbonyl (C=O) groups excluding carboxylic acids is 1. The first kappa shape index (κ1) is 15.1. The van der Waals surface area contributed by atoms with Crippen LogP contribution in [-0.2, 0) is 11.3 Å². The fourth-order valence-corrected chi connectivity index (χ4v) is 2.58. The van der Waals surface area contributed by atoms with Crippen molar-refractivity contribution in [3.63, 3.8) is 0 Å². The zero-order chi connectivity index (χ0) is 14.5. The molecule has 0 aliphatic carbocycles. The Kier molecular flexibility index (Phi) is 5.26. The van der Waals surface area contributed by atoms with E-state index in [1.165, 1.54) is 0 Å². The van der Waals surface area contributed by atoms with Gasteiger partial charge in [-0.2, -0.15) is 0 Å². The van der Waals surface area contributed by atoms with E-state index in [9.17, 15) is 4.79 Å². The van der Waals surface area contributed by atoms with Crippen molar-refractivity contribution in [3.8, 4) is 0 Å². The second-order valence-electron chi connectivity index (χ2n) is 5.15. The first-order chi connectivity index (χ1) is 9.61. The number of amides is 1. The van der Waals surface area contributed by atoms with E-state index in [2.05, 4.69) is 23.2 Å². The minimum atomic E-state index is 0.162. The van der Waals surface area contributed by atoms with E-state index in [1.807, 2.05) is 19.2 Å². The van der Waals surface area contributed by atoms with Gasteiger partial charge in [-0.05, 0) is 30.7 Å². The summed E-state index contributed by atoms with van der Waals surface area (Å²) >= 11 is 6.33. The molecule has 1 saturated heterocycles. The summed E-state index contributed by atoms with van der Waals surface area (Å²) in [6.07, 6.45) is 0.985. The average molecular weight is 296 g/mol. The van der Waals surface area contributed by atoms with Crippen LogP contribution in [0.2, 0.25) is 5.02 Å². The van der Waals surface area contributed by atoms with Crippen LogP contribution in [-0.4, -0.2) is 44.0 Å². The van der Waals surface area contributed by atoms with Crippen LogP contribution in [0.1, 0.15) is 18.9 Å². The maximum absolute atomic E-state index is 11.9. The average Bonchev–Trinajstić information content (AvgIpc) is 2.60. The third kappa shape index (κ3) is 3.64. The van der Waals surface area contributed by atoms with E-state index in [4.69, 9.17) is 11.6 Å². The van der Waals surface area contributed by atoms with Crippen molar-refractivity contribution in [3.05, 3.63) is 28.8 Å². The van der Waals surface area contributed by atoms with Crippen LogP contribution in [0.4, 0.5) is 5.69 Å². The third-order valence-electron chi connectivity index (χ3n) is 3.64. The second-order valence-corrected chi connectivity index (χ2v) is 5.55. The van der Waals surface area contributed by atoms with Crippen molar-refractivity contribution in [2.24, 2.45) is 0 Å². The number of likely N-dealkylation sites (N-methyl/N-ethyl adjacent to an activating group) is 1. The van der Waals surface area contributed by atoms with Gasteiger partial charge in [-0.1, -0.05) is 24.6 Å². The summed E-state index contributed by atoms with van der Waals surface area (Å²) in [5, 5.41) is 4.03. The van der Waals surface area contributed by atoms with Gasteiger partial charge in [0.15, 0.2) is 0 Å². The molecule has 0 aromatic heterocycles. The van der Waals surface area contributed by atoms with Crippen molar-refractivity contribution < 1.29 is 4.79 Å². The predicted octanol–water partition coefficient (Wildman–Crippen LogP) is 2.12. The van der Waals surface area contributed by atoms with E-state index < -0.39 is 0 Å². The van der Waals surface area contributed by atoms with Gasteiger partial charge < -0.3 is 15.1 Å². The molecule has 1 heterocycles. The molecule has 1 aliphatic rings. The largest absolute Gasteiger partial charge is 0.362 e. The summed E-state index contributed by atoms with van der Waals surface area (Å²) in [6, 6.07) is 6.06. The zero-order valence-corrected chi connectivity index (χ0v) is 12.9. The number of halogens is 1. The van der Waals surface area contributed by atoms with Gasteiger partial charge in [-0.25, -0.2) is 0 Å². The number of carbonyl (C=O) groups is 1. The fraction of sp³-hybridized carbons (Fsp3) is 0.533. The van der Waals surface area contributed by atoms with Gasteiger partial charge in [0, 0.05) is 37.4 Å². The number of hydrogen-bond acceptors (Lipinski definition) is 3. The standard InChI is InChI=1S/C15H22ClN3O/c1-3-17-10-12-5-6-13(9-14(12)16)19-8-4-7-18(2)15(20)11-19/h5-6,9,17H,3-4,7-8,10-11H2,1-2H3. The minimum Gasteiger partial charge on any atom is -0.362 e. The van der Waals surface area contributed by atoms with E-state index in [-0.39, 0.29) is 5.91 Å². The lowest BCUT2D eigenvalue weighted by Gasteiger charge is -2.22. The van der Waals surface area contributed by atoms with E-state index >= 15 is 0 Å². The van der Waals surface area contributed by atoms with Crippen LogP contribution in [0, 0.1) is 0 Å². The maximum Gasteiger partial charge on any atom is 0.241 e. The molecule has 1 aromatic carbocycles. The van der Waals surface area contributed by atoms with Gasteiger partial charge in [-0.3, -0.25) is 4.79 Å². The van der Waals surface area contributed by atoms with Gasteiger partial charge in [0.1, 0.15) is 0 Å². The summed E-state index contributed by atoms with van der Waals surface area (Å²) in [4.78, 5) is 15.8. The van der Waals surface area contributed by atoms with E-state index in [1.54, 1.807) is 4.90 Å². The Hall–Kier alpha value is -1.26. The molecule has 20 heavy (non-hydrogen) atoms. The smallest absolute Gasteiger partial charge is 0.241 e. The minimum absolute atomic E-state index is 0.162. The molecule has 110 valence electrons. The zero-order valence-electron chi connectivity index (χ0n) is 12.2. The van der Waals surface area contributed by atoms with Gasteiger partial charge >= 0.3 is 0 Å². The molecule has 0 radical (unpaired) electrons. The molecule has 0 spiro atoms. The van der Waals surface area contributed by atoms with Crippen LogP contribution in [0.5, 0.6) is 0 Å². The summed E-state index contributed by atoms with van der Waals surface area (Å²) < 4.78 is 0. The summed E-state index contributed by atoms with van der Waals surface area (Å²) in [7, 11) is 1.86. The molecule has 1 amide bonds. The lowest BCUT2D eigenvalue weighted by molar-refractivity contribution is -0.127. The monoisotopic (exact) mass is 295 g/mol. The lowest BCUT2D eigenvalue weighted by Crippen LogP contribution is -2.34. The Labute approximate surface area is 125 Å². The Morgan fingerprint density at radius 1 is 1.35 bits per heavy atom. The fourth-order valence-electron chi connectivity index (χ4n) is 2.34. The Morgan fingerprint density at radius 2 is 2.15 bits per heavy atom. The third-order valence-corrected chi connectivity index (χ3v) is 3.99. The first-order valence-corrected chi connectivity index (χ1v) is 7.47. The molecule has 0 unspecified atom stereocenters. The number of nitrogens with one attached hydrogen (secondary N) is 1. The molecule has 0 saturated carbocycles. The summed E-state index contributed by atoms with van der Waals surface area (Å²) in [5.74, 6) is 0.162. The van der Waals surface area contributed by atoms with Crippen LogP contribution >= 0.6 is 11.6 Å². The second kappa shape index (κ2) is 6.95. The Morgan fingerprint density at radius 3 is 2.85 bits per heavy atom. The van der Waals surface area contributed by atoms with Crippen molar-refractivity contribution in [1.29, 1.82) is 0 Å². The Bertz CT molecular complexity index is 478. The van der Waals surface area contributed by atoms with Gasteiger partial charge in [-0.15, -0.1) is 0 Å². The maximum atomic E-state index is 11.9. The highest BCUT2D eigenvalue weighted by Gasteiger charge is 2.19. The summed E-state index contributed by atoms with van der Waals surface area (Å²) in [5.41, 5.74) is 2.12. The molecule has 0 atom stereocenters. The topological polar surface area (TPSA) is 35.6 Å². The molecule has 0 bridgehead atoms. The molecule has 5 heteroatoms. The van der Waals surface area contributed by atoms with Gasteiger partial charge in [0.05, 0.1) is 6.54 Å². The molecule has 1 aromatic rings. The normalized spacial score (nSPS) is 16.4. The van der Waals surface area contributed by atoms with Crippen molar-refractivity contribution >= 4 is 23.2 Å². The highest BCUT2D eigenvalue weighted by molar-refractivity contribution is 6.31. The molecule has 4 nitrogen and oxygen atoms in total. The Balaban J connectivity index is 2.12. The van der Waals surface area contributed by atoms with E-state index in [0.29, 0.717) is 6.54 Å². The quantitative estimate of drug-likeness (QED) is 0.924. The van der Waals surface area contributed by atoms with Crippen LogP contribution in [0.15, 0.2) is 18.2 Å².